The minimum atomic E-state index is -3.69. The molecule has 1 unspecified atom stereocenters. The van der Waals surface area contributed by atoms with Gasteiger partial charge in [-0.2, -0.15) is 4.31 Å². The van der Waals surface area contributed by atoms with Gasteiger partial charge in [0, 0.05) is 18.3 Å². The molecule has 0 aromatic carbocycles. The third-order valence-corrected chi connectivity index (χ3v) is 7.71. The van der Waals surface area contributed by atoms with E-state index in [0.717, 1.165) is 15.6 Å². The number of rotatable bonds is 5. The number of carbonyl (C=O) groups is 2. The van der Waals surface area contributed by atoms with E-state index in [1.165, 1.54) is 29.8 Å². The van der Waals surface area contributed by atoms with Gasteiger partial charge in [0.25, 0.3) is 10.0 Å². The maximum absolute atomic E-state index is 12.6. The molecule has 2 amide bonds. The highest BCUT2D eigenvalue weighted by Crippen LogP contribution is 2.24. The van der Waals surface area contributed by atoms with Crippen LogP contribution in [0.4, 0.5) is 0 Å². The van der Waals surface area contributed by atoms with Crippen molar-refractivity contribution in [3.63, 3.8) is 0 Å². The molecule has 25 heavy (non-hydrogen) atoms. The van der Waals surface area contributed by atoms with Crippen LogP contribution >= 0.6 is 23.1 Å². The van der Waals surface area contributed by atoms with E-state index in [4.69, 9.17) is 0 Å². The lowest BCUT2D eigenvalue weighted by molar-refractivity contribution is -0.138. The first kappa shape index (κ1) is 20.2. The number of thiophene rings is 1. The van der Waals surface area contributed by atoms with Crippen molar-refractivity contribution in [1.29, 1.82) is 0 Å². The number of carbonyl (C=O) groups excluding carboxylic acids is 2. The molecule has 1 aromatic heterocycles. The van der Waals surface area contributed by atoms with Gasteiger partial charge < -0.3 is 10.2 Å². The van der Waals surface area contributed by atoms with E-state index in [1.54, 1.807) is 11.4 Å². The summed E-state index contributed by atoms with van der Waals surface area (Å²) < 4.78 is 26.1. The van der Waals surface area contributed by atoms with Crippen LogP contribution in [0, 0.1) is 0 Å². The second-order valence-corrected chi connectivity index (χ2v) is 11.0. The third kappa shape index (κ3) is 4.96. The van der Waals surface area contributed by atoms with E-state index >= 15 is 0 Å². The summed E-state index contributed by atoms with van der Waals surface area (Å²) in [6, 6.07) is 2.58. The maximum Gasteiger partial charge on any atom is 0.252 e. The van der Waals surface area contributed by atoms with Crippen LogP contribution in [0.25, 0.3) is 0 Å². The standard InChI is InChI=1S/C15H23N3O4S3/c1-15(2,3)16-14(20)11-9-23-10-18(11)12(19)8-17(4)25(21,22)13-6-5-7-24-13/h5-7,11H,8-10H2,1-4H3,(H,16,20). The summed E-state index contributed by atoms with van der Waals surface area (Å²) in [4.78, 5) is 26.4. The highest BCUT2D eigenvalue weighted by molar-refractivity contribution is 7.99. The monoisotopic (exact) mass is 405 g/mol. The minimum Gasteiger partial charge on any atom is -0.350 e. The van der Waals surface area contributed by atoms with Crippen LogP contribution in [0.5, 0.6) is 0 Å². The van der Waals surface area contributed by atoms with E-state index < -0.39 is 21.6 Å². The van der Waals surface area contributed by atoms with Crippen molar-refractivity contribution in [2.45, 2.75) is 36.6 Å². The third-order valence-electron chi connectivity index (χ3n) is 3.52. The molecule has 1 aliphatic heterocycles. The number of likely N-dealkylation sites (N-methyl/N-ethyl adjacent to an activating group) is 1. The fraction of sp³-hybridized carbons (Fsp3) is 0.600. The van der Waals surface area contributed by atoms with Gasteiger partial charge in [0.15, 0.2) is 0 Å². The zero-order valence-electron chi connectivity index (χ0n) is 14.7. The fourth-order valence-corrected chi connectivity index (χ4v) is 5.79. The van der Waals surface area contributed by atoms with E-state index in [9.17, 15) is 18.0 Å². The predicted octanol–water partition coefficient (Wildman–Crippen LogP) is 1.18. The van der Waals surface area contributed by atoms with Gasteiger partial charge in [0.05, 0.1) is 12.4 Å². The second-order valence-electron chi connectivity index (χ2n) is 6.81. The molecule has 10 heteroatoms. The van der Waals surface area contributed by atoms with Gasteiger partial charge in [-0.15, -0.1) is 23.1 Å². The van der Waals surface area contributed by atoms with Crippen LogP contribution in [0.3, 0.4) is 0 Å². The number of nitrogens with zero attached hydrogens (tertiary/aromatic N) is 2. The van der Waals surface area contributed by atoms with Gasteiger partial charge in [-0.3, -0.25) is 9.59 Å². The highest BCUT2D eigenvalue weighted by atomic mass is 32.2. The molecule has 0 saturated carbocycles. The molecule has 0 bridgehead atoms. The zero-order valence-corrected chi connectivity index (χ0v) is 17.1. The van der Waals surface area contributed by atoms with E-state index in [0.29, 0.717) is 11.6 Å². The molecule has 1 aliphatic rings. The lowest BCUT2D eigenvalue weighted by Crippen LogP contribution is -2.53. The van der Waals surface area contributed by atoms with E-state index in [-0.39, 0.29) is 22.6 Å². The summed E-state index contributed by atoms with van der Waals surface area (Å²) >= 11 is 2.59. The fourth-order valence-electron chi connectivity index (χ4n) is 2.29. The molecule has 0 spiro atoms. The number of hydrogen-bond acceptors (Lipinski definition) is 6. The molecule has 2 rings (SSSR count). The van der Waals surface area contributed by atoms with Crippen LogP contribution in [0.1, 0.15) is 20.8 Å². The largest absolute Gasteiger partial charge is 0.350 e. The summed E-state index contributed by atoms with van der Waals surface area (Å²) in [6.45, 7) is 5.34. The first-order chi connectivity index (χ1) is 11.5. The Hall–Kier alpha value is -1.10. The summed E-state index contributed by atoms with van der Waals surface area (Å²) in [5, 5.41) is 4.55. The lowest BCUT2D eigenvalue weighted by atomic mass is 10.1. The SMILES string of the molecule is CN(CC(=O)N1CSCC1C(=O)NC(C)(C)C)S(=O)(=O)c1cccs1. The number of thioether (sulfide) groups is 1. The van der Waals surface area contributed by atoms with Gasteiger partial charge in [-0.25, -0.2) is 8.42 Å². The van der Waals surface area contributed by atoms with Crippen molar-refractivity contribution >= 4 is 44.9 Å². The van der Waals surface area contributed by atoms with Crippen LogP contribution in [-0.2, 0) is 19.6 Å². The summed E-state index contributed by atoms with van der Waals surface area (Å²) in [6.07, 6.45) is 0. The Balaban J connectivity index is 2.05. The number of hydrogen-bond donors (Lipinski definition) is 1. The van der Waals surface area contributed by atoms with Crippen molar-refractivity contribution in [1.82, 2.24) is 14.5 Å². The van der Waals surface area contributed by atoms with E-state index in [1.807, 2.05) is 20.8 Å². The zero-order chi connectivity index (χ0) is 18.8. The Kier molecular flexibility index (Phi) is 6.18. The molecule has 2 heterocycles. The predicted molar refractivity (Wildman–Crippen MR) is 100.0 cm³/mol. The molecule has 1 fully saturated rings. The topological polar surface area (TPSA) is 86.8 Å². The Morgan fingerprint density at radius 3 is 2.64 bits per heavy atom. The summed E-state index contributed by atoms with van der Waals surface area (Å²) in [7, 11) is -2.31. The number of sulfonamides is 1. The maximum atomic E-state index is 12.6. The molecular formula is C15H23N3O4S3. The molecule has 1 saturated heterocycles. The van der Waals surface area contributed by atoms with Gasteiger partial charge in [-0.1, -0.05) is 6.07 Å². The Bertz CT molecular complexity index is 726. The summed E-state index contributed by atoms with van der Waals surface area (Å²) in [5.74, 6) is 0.305. The lowest BCUT2D eigenvalue weighted by Gasteiger charge is -2.28. The van der Waals surface area contributed by atoms with Crippen LogP contribution < -0.4 is 5.32 Å². The first-order valence-electron chi connectivity index (χ1n) is 7.71. The van der Waals surface area contributed by atoms with Gasteiger partial charge in [-0.05, 0) is 32.2 Å². The van der Waals surface area contributed by atoms with Crippen LogP contribution in [0.2, 0.25) is 0 Å². The molecular weight excluding hydrogens is 382 g/mol. The van der Waals surface area contributed by atoms with Crippen molar-refractivity contribution < 1.29 is 18.0 Å². The van der Waals surface area contributed by atoms with Crippen molar-refractivity contribution in [2.75, 3.05) is 25.2 Å². The normalized spacial score (nSPS) is 18.6. The Morgan fingerprint density at radius 1 is 1.40 bits per heavy atom. The molecule has 1 N–H and O–H groups in total. The first-order valence-corrected chi connectivity index (χ1v) is 11.2. The quantitative estimate of drug-likeness (QED) is 0.795. The molecule has 140 valence electrons. The van der Waals surface area contributed by atoms with Gasteiger partial charge >= 0.3 is 0 Å². The van der Waals surface area contributed by atoms with Crippen LogP contribution in [0.15, 0.2) is 21.7 Å². The van der Waals surface area contributed by atoms with Crippen molar-refractivity contribution in [2.24, 2.45) is 0 Å². The average Bonchev–Trinajstić information content (AvgIpc) is 3.17. The smallest absolute Gasteiger partial charge is 0.252 e. The number of amides is 2. The highest BCUT2D eigenvalue weighted by Gasteiger charge is 2.37. The Morgan fingerprint density at radius 2 is 2.08 bits per heavy atom. The minimum absolute atomic E-state index is 0.195. The van der Waals surface area contributed by atoms with Gasteiger partial charge in [0.2, 0.25) is 11.8 Å². The van der Waals surface area contributed by atoms with E-state index in [2.05, 4.69) is 5.32 Å². The molecule has 1 aromatic rings. The van der Waals surface area contributed by atoms with Crippen LogP contribution in [-0.4, -0.2) is 66.2 Å². The molecule has 0 radical (unpaired) electrons. The second kappa shape index (κ2) is 7.65. The molecule has 1 atom stereocenters. The molecule has 7 nitrogen and oxygen atoms in total. The Labute approximate surface area is 156 Å². The van der Waals surface area contributed by atoms with Crippen molar-refractivity contribution in [3.8, 4) is 0 Å². The number of nitrogens with one attached hydrogen (secondary N) is 1. The van der Waals surface area contributed by atoms with Crippen molar-refractivity contribution in [3.05, 3.63) is 17.5 Å². The molecule has 0 aliphatic carbocycles. The van der Waals surface area contributed by atoms with Gasteiger partial charge in [0.1, 0.15) is 10.3 Å². The average molecular weight is 406 g/mol. The summed E-state index contributed by atoms with van der Waals surface area (Å²) in [5.41, 5.74) is -0.391.